The molecular formula is C20H19ClFN3O. The van der Waals surface area contributed by atoms with Gasteiger partial charge in [-0.25, -0.2) is 4.39 Å². The van der Waals surface area contributed by atoms with Gasteiger partial charge in [-0.05, 0) is 55.0 Å². The number of aromatic amines is 1. The molecule has 1 fully saturated rings. The van der Waals surface area contributed by atoms with E-state index < -0.39 is 0 Å². The first-order valence-corrected chi connectivity index (χ1v) is 9.06. The molecule has 0 aliphatic carbocycles. The molecule has 0 unspecified atom stereocenters. The molecule has 4 rings (SSSR count). The summed E-state index contributed by atoms with van der Waals surface area (Å²) in [5.41, 5.74) is 2.47. The molecule has 134 valence electrons. The second-order valence-electron chi connectivity index (χ2n) is 6.52. The van der Waals surface area contributed by atoms with Crippen LogP contribution in [0.4, 0.5) is 10.1 Å². The van der Waals surface area contributed by atoms with Crippen LogP contribution in [0, 0.1) is 5.82 Å². The summed E-state index contributed by atoms with van der Waals surface area (Å²) in [5.74, 6) is -0.238. The molecule has 0 radical (unpaired) electrons. The number of carbonyl (C=O) groups is 1. The summed E-state index contributed by atoms with van der Waals surface area (Å²) in [6.07, 6.45) is 0.870. The van der Waals surface area contributed by atoms with E-state index in [2.05, 4.69) is 9.88 Å². The zero-order valence-corrected chi connectivity index (χ0v) is 15.0. The van der Waals surface area contributed by atoms with Crippen LogP contribution in [-0.4, -0.2) is 42.0 Å². The van der Waals surface area contributed by atoms with E-state index in [-0.39, 0.29) is 11.7 Å². The maximum Gasteiger partial charge on any atom is 0.270 e. The molecule has 3 aromatic rings. The minimum absolute atomic E-state index is 0.00159. The third kappa shape index (κ3) is 3.40. The number of aromatic nitrogens is 1. The average Bonchev–Trinajstić information content (AvgIpc) is 2.90. The van der Waals surface area contributed by atoms with Crippen molar-refractivity contribution in [1.82, 2.24) is 9.88 Å². The molecule has 1 aromatic heterocycles. The van der Waals surface area contributed by atoms with Gasteiger partial charge in [0.2, 0.25) is 0 Å². The highest BCUT2D eigenvalue weighted by molar-refractivity contribution is 6.31. The highest BCUT2D eigenvalue weighted by Crippen LogP contribution is 2.22. The first-order chi connectivity index (χ1) is 12.6. The average molecular weight is 372 g/mol. The van der Waals surface area contributed by atoms with Gasteiger partial charge in [-0.2, -0.15) is 0 Å². The Balaban J connectivity index is 1.49. The van der Waals surface area contributed by atoms with Crippen molar-refractivity contribution in [1.29, 1.82) is 0 Å². The fraction of sp³-hybridized carbons (Fsp3) is 0.250. The normalized spacial score (nSPS) is 15.3. The van der Waals surface area contributed by atoms with E-state index in [4.69, 9.17) is 11.6 Å². The van der Waals surface area contributed by atoms with E-state index in [9.17, 15) is 9.18 Å². The smallest absolute Gasteiger partial charge is 0.270 e. The molecule has 6 heteroatoms. The van der Waals surface area contributed by atoms with E-state index >= 15 is 0 Å². The first kappa shape index (κ1) is 16.9. The second kappa shape index (κ2) is 7.00. The van der Waals surface area contributed by atoms with Gasteiger partial charge in [0.05, 0.1) is 0 Å². The third-order valence-corrected chi connectivity index (χ3v) is 5.02. The number of carbonyl (C=O) groups excluding carboxylic acids is 1. The van der Waals surface area contributed by atoms with Gasteiger partial charge in [0.15, 0.2) is 0 Å². The number of benzene rings is 2. The molecule has 26 heavy (non-hydrogen) atoms. The quantitative estimate of drug-likeness (QED) is 0.729. The summed E-state index contributed by atoms with van der Waals surface area (Å²) in [6.45, 7) is 2.90. The fourth-order valence-corrected chi connectivity index (χ4v) is 3.60. The van der Waals surface area contributed by atoms with Crippen molar-refractivity contribution in [2.24, 2.45) is 0 Å². The third-order valence-electron chi connectivity index (χ3n) is 4.79. The number of rotatable bonds is 2. The zero-order valence-electron chi connectivity index (χ0n) is 14.2. The van der Waals surface area contributed by atoms with Gasteiger partial charge >= 0.3 is 0 Å². The van der Waals surface area contributed by atoms with Crippen LogP contribution in [-0.2, 0) is 0 Å². The Labute approximate surface area is 156 Å². The van der Waals surface area contributed by atoms with E-state index in [1.807, 2.05) is 23.1 Å². The van der Waals surface area contributed by atoms with Crippen LogP contribution in [0.1, 0.15) is 16.9 Å². The van der Waals surface area contributed by atoms with Gasteiger partial charge < -0.3 is 14.8 Å². The van der Waals surface area contributed by atoms with Crippen LogP contribution < -0.4 is 4.90 Å². The van der Waals surface area contributed by atoms with E-state index in [1.54, 1.807) is 18.2 Å². The topological polar surface area (TPSA) is 39.3 Å². The summed E-state index contributed by atoms with van der Waals surface area (Å²) in [5, 5.41) is 1.59. The number of nitrogens with zero attached hydrogens (tertiary/aromatic N) is 2. The predicted molar refractivity (Wildman–Crippen MR) is 102 cm³/mol. The van der Waals surface area contributed by atoms with E-state index in [0.717, 1.165) is 36.1 Å². The Morgan fingerprint density at radius 2 is 1.81 bits per heavy atom. The van der Waals surface area contributed by atoms with Gasteiger partial charge in [0.25, 0.3) is 5.91 Å². The highest BCUT2D eigenvalue weighted by Gasteiger charge is 2.22. The molecule has 0 saturated carbocycles. The minimum Gasteiger partial charge on any atom is -0.370 e. The molecule has 0 spiro atoms. The van der Waals surface area contributed by atoms with E-state index in [1.165, 1.54) is 12.1 Å². The summed E-state index contributed by atoms with van der Waals surface area (Å²) in [6, 6.07) is 13.9. The van der Waals surface area contributed by atoms with Crippen molar-refractivity contribution in [2.75, 3.05) is 31.1 Å². The molecule has 1 aliphatic heterocycles. The second-order valence-corrected chi connectivity index (χ2v) is 6.96. The Hall–Kier alpha value is -2.53. The number of halogens is 2. The SMILES string of the molecule is O=C(c1cc2cc(Cl)ccc2[nH]1)N1CCCN(c2ccc(F)cc2)CC1. The van der Waals surface area contributed by atoms with E-state index in [0.29, 0.717) is 23.8 Å². The van der Waals surface area contributed by atoms with Gasteiger partial charge in [-0.3, -0.25) is 4.79 Å². The maximum absolute atomic E-state index is 13.1. The summed E-state index contributed by atoms with van der Waals surface area (Å²) in [7, 11) is 0. The van der Waals surface area contributed by atoms with Gasteiger partial charge in [-0.1, -0.05) is 11.6 Å². The van der Waals surface area contributed by atoms with Gasteiger partial charge in [0.1, 0.15) is 11.5 Å². The summed E-state index contributed by atoms with van der Waals surface area (Å²) < 4.78 is 13.1. The number of hydrogen-bond acceptors (Lipinski definition) is 2. The van der Waals surface area contributed by atoms with Crippen LogP contribution in [0.15, 0.2) is 48.5 Å². The molecular weight excluding hydrogens is 353 g/mol. The van der Waals surface area contributed by atoms with Gasteiger partial charge in [0, 0.05) is 47.8 Å². The van der Waals surface area contributed by atoms with Crippen molar-refractivity contribution in [3.8, 4) is 0 Å². The predicted octanol–water partition coefficient (Wildman–Crippen LogP) is 4.31. The standard InChI is InChI=1S/C20H19ClFN3O/c21-15-2-7-18-14(12-15)13-19(23-18)20(26)25-9-1-8-24(10-11-25)17-5-3-16(22)4-6-17/h2-7,12-13,23H,1,8-11H2. The number of anilines is 1. The number of fused-ring (bicyclic) bond motifs is 1. The van der Waals surface area contributed by atoms with Crippen LogP contribution in [0.2, 0.25) is 5.02 Å². The molecule has 0 atom stereocenters. The van der Waals surface area contributed by atoms with Crippen molar-refractivity contribution in [3.63, 3.8) is 0 Å². The lowest BCUT2D eigenvalue weighted by molar-refractivity contribution is 0.0762. The lowest BCUT2D eigenvalue weighted by Gasteiger charge is -2.23. The lowest BCUT2D eigenvalue weighted by atomic mass is 10.2. The molecule has 2 heterocycles. The molecule has 0 bridgehead atoms. The number of hydrogen-bond donors (Lipinski definition) is 1. The maximum atomic E-state index is 13.1. The summed E-state index contributed by atoms with van der Waals surface area (Å²) in [4.78, 5) is 20.1. The van der Waals surface area contributed by atoms with Crippen molar-refractivity contribution in [3.05, 3.63) is 65.1 Å². The van der Waals surface area contributed by atoms with Crippen LogP contribution in [0.5, 0.6) is 0 Å². The Morgan fingerprint density at radius 3 is 2.62 bits per heavy atom. The molecule has 1 saturated heterocycles. The fourth-order valence-electron chi connectivity index (χ4n) is 3.42. The van der Waals surface area contributed by atoms with Crippen molar-refractivity contribution >= 4 is 34.1 Å². The van der Waals surface area contributed by atoms with Crippen LogP contribution in [0.3, 0.4) is 0 Å². The van der Waals surface area contributed by atoms with Crippen molar-refractivity contribution in [2.45, 2.75) is 6.42 Å². The highest BCUT2D eigenvalue weighted by atomic mass is 35.5. The Morgan fingerprint density at radius 1 is 1.00 bits per heavy atom. The minimum atomic E-state index is -0.237. The molecule has 2 aromatic carbocycles. The Kier molecular flexibility index (Phi) is 4.55. The Bertz CT molecular complexity index is 938. The molecule has 1 N–H and O–H groups in total. The number of amides is 1. The summed E-state index contributed by atoms with van der Waals surface area (Å²) >= 11 is 6.02. The largest absolute Gasteiger partial charge is 0.370 e. The molecule has 1 aliphatic rings. The van der Waals surface area contributed by atoms with Crippen LogP contribution >= 0.6 is 11.6 Å². The number of H-pyrrole nitrogens is 1. The molecule has 1 amide bonds. The monoisotopic (exact) mass is 371 g/mol. The zero-order chi connectivity index (χ0) is 18.1. The van der Waals surface area contributed by atoms with Crippen LogP contribution in [0.25, 0.3) is 10.9 Å². The number of nitrogens with one attached hydrogen (secondary N) is 1. The van der Waals surface area contributed by atoms with Crippen molar-refractivity contribution < 1.29 is 9.18 Å². The molecule has 4 nitrogen and oxygen atoms in total. The first-order valence-electron chi connectivity index (χ1n) is 8.68. The van der Waals surface area contributed by atoms with Gasteiger partial charge in [-0.15, -0.1) is 0 Å². The lowest BCUT2D eigenvalue weighted by Crippen LogP contribution is -2.35.